The molecule has 0 fully saturated rings. The van der Waals surface area contributed by atoms with E-state index in [4.69, 9.17) is 9.26 Å². The van der Waals surface area contributed by atoms with Crippen LogP contribution in [0.4, 0.5) is 5.69 Å². The summed E-state index contributed by atoms with van der Waals surface area (Å²) in [6.45, 7) is 6.86. The standard InChI is InChI=1S/C24H29N3O3/c1-17(27(4)21-8-6-5-7-9-21)15-25-24(28)14-20-10-12-22(13-11-20)29-16-23-18(2)26-30-19(23)3/h5-13,17H,14-16H2,1-4H3,(H,25,28). The van der Waals surface area contributed by atoms with E-state index in [1.807, 2.05) is 63.4 Å². The maximum atomic E-state index is 12.3. The fourth-order valence-electron chi connectivity index (χ4n) is 3.13. The molecule has 1 heterocycles. The van der Waals surface area contributed by atoms with Gasteiger partial charge in [-0.3, -0.25) is 4.79 Å². The summed E-state index contributed by atoms with van der Waals surface area (Å²) >= 11 is 0. The first-order chi connectivity index (χ1) is 14.4. The number of aromatic nitrogens is 1. The summed E-state index contributed by atoms with van der Waals surface area (Å²) in [5, 5.41) is 6.95. The highest BCUT2D eigenvalue weighted by molar-refractivity contribution is 5.78. The van der Waals surface area contributed by atoms with E-state index in [1.54, 1.807) is 0 Å². The molecule has 1 unspecified atom stereocenters. The van der Waals surface area contributed by atoms with Gasteiger partial charge >= 0.3 is 0 Å². The molecule has 0 aliphatic rings. The maximum Gasteiger partial charge on any atom is 0.224 e. The summed E-state index contributed by atoms with van der Waals surface area (Å²) in [4.78, 5) is 14.5. The third-order valence-electron chi connectivity index (χ3n) is 5.27. The summed E-state index contributed by atoms with van der Waals surface area (Å²) < 4.78 is 11.0. The van der Waals surface area contributed by atoms with Crippen molar-refractivity contribution < 1.29 is 14.1 Å². The number of nitrogens with one attached hydrogen (secondary N) is 1. The Hall–Kier alpha value is -3.28. The van der Waals surface area contributed by atoms with Gasteiger partial charge in [-0.2, -0.15) is 0 Å². The highest BCUT2D eigenvalue weighted by atomic mass is 16.5. The molecule has 0 saturated carbocycles. The van der Waals surface area contributed by atoms with E-state index >= 15 is 0 Å². The van der Waals surface area contributed by atoms with Crippen molar-refractivity contribution >= 4 is 11.6 Å². The van der Waals surface area contributed by atoms with E-state index in [9.17, 15) is 4.79 Å². The van der Waals surface area contributed by atoms with Crippen molar-refractivity contribution in [2.45, 2.75) is 39.8 Å². The average Bonchev–Trinajstić information content (AvgIpc) is 3.09. The normalized spacial score (nSPS) is 11.7. The highest BCUT2D eigenvalue weighted by Gasteiger charge is 2.12. The Morgan fingerprint density at radius 1 is 1.13 bits per heavy atom. The molecule has 0 radical (unpaired) electrons. The van der Waals surface area contributed by atoms with Crippen molar-refractivity contribution in [2.24, 2.45) is 0 Å². The van der Waals surface area contributed by atoms with E-state index in [0.29, 0.717) is 19.6 Å². The van der Waals surface area contributed by atoms with Crippen LogP contribution in [0, 0.1) is 13.8 Å². The SMILES string of the molecule is Cc1noc(C)c1COc1ccc(CC(=O)NCC(C)N(C)c2ccccc2)cc1. The van der Waals surface area contributed by atoms with Crippen LogP contribution in [0.1, 0.15) is 29.5 Å². The summed E-state index contributed by atoms with van der Waals surface area (Å²) in [5.74, 6) is 1.53. The Balaban J connectivity index is 1.45. The molecule has 158 valence electrons. The molecule has 0 bridgehead atoms. The van der Waals surface area contributed by atoms with Crippen LogP contribution in [-0.2, 0) is 17.8 Å². The molecular formula is C24H29N3O3. The number of likely N-dealkylation sites (N-methyl/N-ethyl adjacent to an activating group) is 1. The van der Waals surface area contributed by atoms with Crippen LogP contribution in [0.2, 0.25) is 0 Å². The number of amides is 1. The molecule has 0 spiro atoms. The van der Waals surface area contributed by atoms with Crippen molar-refractivity contribution in [1.29, 1.82) is 0 Å². The molecule has 1 amide bonds. The number of carbonyl (C=O) groups is 1. The molecule has 3 rings (SSSR count). The monoisotopic (exact) mass is 407 g/mol. The van der Waals surface area contributed by atoms with Crippen LogP contribution in [0.15, 0.2) is 59.1 Å². The first kappa shape index (κ1) is 21.4. The number of benzene rings is 2. The predicted molar refractivity (Wildman–Crippen MR) is 118 cm³/mol. The number of hydrogen-bond acceptors (Lipinski definition) is 5. The summed E-state index contributed by atoms with van der Waals surface area (Å²) in [6.07, 6.45) is 0.339. The second kappa shape index (κ2) is 9.96. The summed E-state index contributed by atoms with van der Waals surface area (Å²) in [5.41, 5.74) is 3.88. The topological polar surface area (TPSA) is 67.6 Å². The zero-order chi connectivity index (χ0) is 21.5. The van der Waals surface area contributed by atoms with Crippen molar-refractivity contribution in [3.63, 3.8) is 0 Å². The lowest BCUT2D eigenvalue weighted by atomic mass is 10.1. The van der Waals surface area contributed by atoms with E-state index in [2.05, 4.69) is 34.4 Å². The number of hydrogen-bond donors (Lipinski definition) is 1. The molecule has 2 aromatic carbocycles. The van der Waals surface area contributed by atoms with Crippen LogP contribution in [-0.4, -0.2) is 30.7 Å². The molecule has 30 heavy (non-hydrogen) atoms. The Kier molecular flexibility index (Phi) is 7.12. The van der Waals surface area contributed by atoms with Crippen molar-refractivity contribution in [1.82, 2.24) is 10.5 Å². The van der Waals surface area contributed by atoms with Crippen molar-refractivity contribution in [2.75, 3.05) is 18.5 Å². The van der Waals surface area contributed by atoms with Crippen LogP contribution >= 0.6 is 0 Å². The molecule has 6 nitrogen and oxygen atoms in total. The van der Waals surface area contributed by atoms with Gasteiger partial charge in [-0.1, -0.05) is 35.5 Å². The molecule has 0 saturated heterocycles. The average molecular weight is 408 g/mol. The number of anilines is 1. The second-order valence-electron chi connectivity index (χ2n) is 7.51. The zero-order valence-electron chi connectivity index (χ0n) is 18.0. The predicted octanol–water partition coefficient (Wildman–Crippen LogP) is 4.05. The van der Waals surface area contributed by atoms with Gasteiger partial charge in [0.2, 0.25) is 5.91 Å². The van der Waals surface area contributed by atoms with Gasteiger partial charge in [0.1, 0.15) is 18.1 Å². The number of carbonyl (C=O) groups excluding carboxylic acids is 1. The molecule has 3 aromatic rings. The summed E-state index contributed by atoms with van der Waals surface area (Å²) in [7, 11) is 2.04. The molecule has 1 N–H and O–H groups in total. The zero-order valence-corrected chi connectivity index (χ0v) is 18.0. The Morgan fingerprint density at radius 3 is 2.47 bits per heavy atom. The number of nitrogens with zero attached hydrogens (tertiary/aromatic N) is 2. The van der Waals surface area contributed by atoms with Crippen LogP contribution < -0.4 is 15.0 Å². The van der Waals surface area contributed by atoms with Crippen molar-refractivity contribution in [3.8, 4) is 5.75 Å². The second-order valence-corrected chi connectivity index (χ2v) is 7.51. The molecular weight excluding hydrogens is 378 g/mol. The lowest BCUT2D eigenvalue weighted by Gasteiger charge is -2.27. The summed E-state index contributed by atoms with van der Waals surface area (Å²) in [6, 6.07) is 17.9. The minimum Gasteiger partial charge on any atom is -0.489 e. The number of para-hydroxylation sites is 1. The maximum absolute atomic E-state index is 12.3. The molecule has 0 aliphatic heterocycles. The quantitative estimate of drug-likeness (QED) is 0.580. The van der Waals surface area contributed by atoms with Gasteiger partial charge in [0.15, 0.2) is 0 Å². The van der Waals surface area contributed by atoms with Gasteiger partial charge in [0.05, 0.1) is 17.7 Å². The van der Waals surface area contributed by atoms with Crippen LogP contribution in [0.25, 0.3) is 0 Å². The minimum atomic E-state index is 0.00713. The van der Waals surface area contributed by atoms with Crippen molar-refractivity contribution in [3.05, 3.63) is 77.2 Å². The van der Waals surface area contributed by atoms with E-state index in [0.717, 1.165) is 34.0 Å². The fraction of sp³-hybridized carbons (Fsp3) is 0.333. The number of aryl methyl sites for hydroxylation is 2. The largest absolute Gasteiger partial charge is 0.489 e. The number of ether oxygens (including phenoxy) is 1. The first-order valence-corrected chi connectivity index (χ1v) is 10.1. The molecule has 6 heteroatoms. The van der Waals surface area contributed by atoms with E-state index < -0.39 is 0 Å². The van der Waals surface area contributed by atoms with E-state index in [1.165, 1.54) is 0 Å². The molecule has 0 aliphatic carbocycles. The van der Waals surface area contributed by atoms with Gasteiger partial charge in [0, 0.05) is 25.3 Å². The third-order valence-corrected chi connectivity index (χ3v) is 5.27. The van der Waals surface area contributed by atoms with Gasteiger partial charge in [-0.05, 0) is 50.6 Å². The molecule has 1 atom stereocenters. The van der Waals surface area contributed by atoms with E-state index in [-0.39, 0.29) is 11.9 Å². The molecule has 1 aromatic heterocycles. The minimum absolute atomic E-state index is 0.00713. The van der Waals surface area contributed by atoms with Gasteiger partial charge in [0.25, 0.3) is 0 Å². The van der Waals surface area contributed by atoms with Crippen LogP contribution in [0.5, 0.6) is 5.75 Å². The lowest BCUT2D eigenvalue weighted by molar-refractivity contribution is -0.120. The number of rotatable bonds is 9. The third kappa shape index (κ3) is 5.63. The fourth-order valence-corrected chi connectivity index (χ4v) is 3.13. The van der Waals surface area contributed by atoms with Crippen LogP contribution in [0.3, 0.4) is 0 Å². The smallest absolute Gasteiger partial charge is 0.224 e. The lowest BCUT2D eigenvalue weighted by Crippen LogP contribution is -2.40. The van der Waals surface area contributed by atoms with Gasteiger partial charge in [-0.15, -0.1) is 0 Å². The van der Waals surface area contributed by atoms with Gasteiger partial charge in [-0.25, -0.2) is 0 Å². The van der Waals surface area contributed by atoms with Gasteiger partial charge < -0.3 is 19.5 Å². The Morgan fingerprint density at radius 2 is 1.83 bits per heavy atom. The Labute approximate surface area is 177 Å². The first-order valence-electron chi connectivity index (χ1n) is 10.1. The highest BCUT2D eigenvalue weighted by Crippen LogP contribution is 2.18. The Bertz CT molecular complexity index is 932.